The van der Waals surface area contributed by atoms with E-state index in [-0.39, 0.29) is 29.6 Å². The number of halogens is 1. The summed E-state index contributed by atoms with van der Waals surface area (Å²) in [5.74, 6) is -1.57. The van der Waals surface area contributed by atoms with Crippen LogP contribution in [0.5, 0.6) is 0 Å². The fourth-order valence-electron chi connectivity index (χ4n) is 3.88. The zero-order valence-electron chi connectivity index (χ0n) is 11.8. The van der Waals surface area contributed by atoms with Gasteiger partial charge in [0.15, 0.2) is 0 Å². The van der Waals surface area contributed by atoms with Gasteiger partial charge in [-0.2, -0.15) is 0 Å². The molecule has 0 aliphatic heterocycles. The standard InChI is InChI=1S/C16H18FNO3/c1-8-6-11(4-5-12(8)17)15(19)18-14-10-3-2-9(7-10)13(14)16(20)21/h4-6,9-10,13-14H,2-3,7H2,1H3,(H,18,19)(H,20,21). The Morgan fingerprint density at radius 3 is 2.67 bits per heavy atom. The third-order valence-electron chi connectivity index (χ3n) is 4.92. The summed E-state index contributed by atoms with van der Waals surface area (Å²) < 4.78 is 13.2. The highest BCUT2D eigenvalue weighted by Gasteiger charge is 2.51. The summed E-state index contributed by atoms with van der Waals surface area (Å²) >= 11 is 0. The van der Waals surface area contributed by atoms with E-state index in [0.29, 0.717) is 11.1 Å². The summed E-state index contributed by atoms with van der Waals surface area (Å²) in [5.41, 5.74) is 0.784. The molecular weight excluding hydrogens is 273 g/mol. The number of aliphatic carboxylic acids is 1. The van der Waals surface area contributed by atoms with Gasteiger partial charge in [0.1, 0.15) is 5.82 Å². The number of hydrogen-bond acceptors (Lipinski definition) is 2. The Kier molecular flexibility index (Phi) is 3.43. The van der Waals surface area contributed by atoms with E-state index in [1.807, 2.05) is 0 Å². The molecule has 21 heavy (non-hydrogen) atoms. The predicted molar refractivity (Wildman–Crippen MR) is 74.3 cm³/mol. The molecule has 2 N–H and O–H groups in total. The van der Waals surface area contributed by atoms with Crippen LogP contribution < -0.4 is 5.32 Å². The van der Waals surface area contributed by atoms with E-state index < -0.39 is 11.9 Å². The Morgan fingerprint density at radius 2 is 2.00 bits per heavy atom. The van der Waals surface area contributed by atoms with Crippen LogP contribution in [0.3, 0.4) is 0 Å². The van der Waals surface area contributed by atoms with Crippen molar-refractivity contribution in [2.24, 2.45) is 17.8 Å². The molecule has 2 fully saturated rings. The highest BCUT2D eigenvalue weighted by atomic mass is 19.1. The molecule has 1 aromatic carbocycles. The number of fused-ring (bicyclic) bond motifs is 2. The van der Waals surface area contributed by atoms with Crippen molar-refractivity contribution in [1.82, 2.24) is 5.32 Å². The Hall–Kier alpha value is -1.91. The van der Waals surface area contributed by atoms with Crippen LogP contribution in [0.1, 0.15) is 35.2 Å². The van der Waals surface area contributed by atoms with Crippen LogP contribution in [0.25, 0.3) is 0 Å². The molecular formula is C16H18FNO3. The van der Waals surface area contributed by atoms with Crippen molar-refractivity contribution in [1.29, 1.82) is 0 Å². The maximum Gasteiger partial charge on any atom is 0.308 e. The van der Waals surface area contributed by atoms with Crippen LogP contribution in [0.4, 0.5) is 4.39 Å². The second kappa shape index (κ2) is 5.13. The number of nitrogens with one attached hydrogen (secondary N) is 1. The van der Waals surface area contributed by atoms with Gasteiger partial charge in [-0.1, -0.05) is 0 Å². The first-order valence-electron chi connectivity index (χ1n) is 7.27. The Bertz CT molecular complexity index is 601. The van der Waals surface area contributed by atoms with E-state index in [4.69, 9.17) is 0 Å². The molecule has 112 valence electrons. The zero-order valence-corrected chi connectivity index (χ0v) is 11.8. The van der Waals surface area contributed by atoms with Crippen LogP contribution in [0.2, 0.25) is 0 Å². The lowest BCUT2D eigenvalue weighted by molar-refractivity contribution is -0.144. The maximum atomic E-state index is 13.2. The maximum absolute atomic E-state index is 13.2. The predicted octanol–water partition coefficient (Wildman–Crippen LogP) is 2.36. The molecule has 2 bridgehead atoms. The average molecular weight is 291 g/mol. The molecule has 2 saturated carbocycles. The third kappa shape index (κ3) is 2.41. The summed E-state index contributed by atoms with van der Waals surface area (Å²) in [6.45, 7) is 1.60. The number of carbonyl (C=O) groups excluding carboxylic acids is 1. The molecule has 4 atom stereocenters. The van der Waals surface area contributed by atoms with Gasteiger partial charge in [-0.15, -0.1) is 0 Å². The molecule has 5 heteroatoms. The summed E-state index contributed by atoms with van der Waals surface area (Å²) in [5, 5.41) is 12.2. The van der Waals surface area contributed by atoms with Gasteiger partial charge in [-0.3, -0.25) is 9.59 Å². The van der Waals surface area contributed by atoms with Crippen LogP contribution in [-0.2, 0) is 4.79 Å². The van der Waals surface area contributed by atoms with E-state index in [1.165, 1.54) is 18.2 Å². The van der Waals surface area contributed by atoms with Gasteiger partial charge < -0.3 is 10.4 Å². The summed E-state index contributed by atoms with van der Waals surface area (Å²) in [4.78, 5) is 23.7. The Morgan fingerprint density at radius 1 is 1.29 bits per heavy atom. The van der Waals surface area contributed by atoms with Crippen molar-refractivity contribution in [3.8, 4) is 0 Å². The lowest BCUT2D eigenvalue weighted by Crippen LogP contribution is -2.46. The minimum Gasteiger partial charge on any atom is -0.481 e. The number of carboxylic acids is 1. The number of carboxylic acid groups (broad SMARTS) is 1. The molecule has 0 aromatic heterocycles. The van der Waals surface area contributed by atoms with Crippen molar-refractivity contribution >= 4 is 11.9 Å². The van der Waals surface area contributed by atoms with Gasteiger partial charge in [-0.25, -0.2) is 4.39 Å². The minimum absolute atomic E-state index is 0.174. The molecule has 4 nitrogen and oxygen atoms in total. The first-order valence-corrected chi connectivity index (χ1v) is 7.27. The average Bonchev–Trinajstić information content (AvgIpc) is 3.02. The molecule has 4 unspecified atom stereocenters. The molecule has 2 aliphatic carbocycles. The Balaban J connectivity index is 1.77. The van der Waals surface area contributed by atoms with Crippen molar-refractivity contribution < 1.29 is 19.1 Å². The number of aryl methyl sites for hydroxylation is 1. The quantitative estimate of drug-likeness (QED) is 0.898. The molecule has 3 rings (SSSR count). The van der Waals surface area contributed by atoms with Crippen molar-refractivity contribution in [3.63, 3.8) is 0 Å². The normalized spacial score (nSPS) is 30.4. The van der Waals surface area contributed by atoms with E-state index in [0.717, 1.165) is 19.3 Å². The smallest absolute Gasteiger partial charge is 0.308 e. The molecule has 1 amide bonds. The number of hydrogen-bond donors (Lipinski definition) is 2. The SMILES string of the molecule is Cc1cc(C(=O)NC2C3CCC(C3)C2C(=O)O)ccc1F. The second-order valence-corrected chi connectivity index (χ2v) is 6.16. The topological polar surface area (TPSA) is 66.4 Å². The summed E-state index contributed by atoms with van der Waals surface area (Å²) in [6.07, 6.45) is 2.79. The van der Waals surface area contributed by atoms with Crippen molar-refractivity contribution in [3.05, 3.63) is 35.1 Å². The van der Waals surface area contributed by atoms with Crippen LogP contribution in [0.15, 0.2) is 18.2 Å². The third-order valence-corrected chi connectivity index (χ3v) is 4.92. The summed E-state index contributed by atoms with van der Waals surface area (Å²) in [7, 11) is 0. The molecule has 0 heterocycles. The van der Waals surface area contributed by atoms with E-state index in [9.17, 15) is 19.1 Å². The highest BCUT2D eigenvalue weighted by molar-refractivity contribution is 5.95. The molecule has 0 spiro atoms. The molecule has 0 radical (unpaired) electrons. The van der Waals surface area contributed by atoms with Gasteiger partial charge in [0.05, 0.1) is 5.92 Å². The van der Waals surface area contributed by atoms with E-state index >= 15 is 0 Å². The lowest BCUT2D eigenvalue weighted by atomic mass is 9.84. The van der Waals surface area contributed by atoms with Crippen LogP contribution in [0, 0.1) is 30.5 Å². The molecule has 2 aliphatic rings. The fourth-order valence-corrected chi connectivity index (χ4v) is 3.88. The number of rotatable bonds is 3. The van der Waals surface area contributed by atoms with Gasteiger partial charge >= 0.3 is 5.97 Å². The monoisotopic (exact) mass is 291 g/mol. The second-order valence-electron chi connectivity index (χ2n) is 6.16. The van der Waals surface area contributed by atoms with Gasteiger partial charge in [-0.05, 0) is 61.8 Å². The van der Waals surface area contributed by atoms with Crippen LogP contribution in [-0.4, -0.2) is 23.0 Å². The lowest BCUT2D eigenvalue weighted by Gasteiger charge is -2.28. The Labute approximate surface area is 122 Å². The van der Waals surface area contributed by atoms with Crippen molar-refractivity contribution in [2.75, 3.05) is 0 Å². The number of amides is 1. The van der Waals surface area contributed by atoms with Crippen molar-refractivity contribution in [2.45, 2.75) is 32.2 Å². The van der Waals surface area contributed by atoms with E-state index in [2.05, 4.69) is 5.32 Å². The first-order chi connectivity index (χ1) is 9.97. The largest absolute Gasteiger partial charge is 0.481 e. The minimum atomic E-state index is -0.831. The number of benzene rings is 1. The number of carbonyl (C=O) groups is 2. The van der Waals surface area contributed by atoms with Gasteiger partial charge in [0, 0.05) is 11.6 Å². The highest BCUT2D eigenvalue weighted by Crippen LogP contribution is 2.48. The molecule has 1 aromatic rings. The van der Waals surface area contributed by atoms with E-state index in [1.54, 1.807) is 6.92 Å². The molecule has 0 saturated heterocycles. The first kappa shape index (κ1) is 14.0. The van der Waals surface area contributed by atoms with Gasteiger partial charge in [0.2, 0.25) is 0 Å². The summed E-state index contributed by atoms with van der Waals surface area (Å²) in [6, 6.07) is 3.88. The zero-order chi connectivity index (χ0) is 15.1. The van der Waals surface area contributed by atoms with Gasteiger partial charge in [0.25, 0.3) is 5.91 Å². The fraction of sp³-hybridized carbons (Fsp3) is 0.500. The van der Waals surface area contributed by atoms with Crippen LogP contribution >= 0.6 is 0 Å².